The molecule has 1 amide bonds. The van der Waals surface area contributed by atoms with Crippen LogP contribution in [-0.2, 0) is 4.74 Å². The van der Waals surface area contributed by atoms with E-state index in [0.717, 1.165) is 5.20 Å². The van der Waals surface area contributed by atoms with Gasteiger partial charge in [-0.3, -0.25) is 0 Å². The monoisotopic (exact) mass is 333 g/mol. The van der Waals surface area contributed by atoms with Crippen molar-refractivity contribution in [1.82, 2.24) is 5.32 Å². The SMILES string of the molecule is C=C([C@H](NC(=O)OC(C)(C)C)C(C)C)[Si](C)(C)c1ccccc1. The van der Waals surface area contributed by atoms with Gasteiger partial charge in [-0.25, -0.2) is 4.79 Å². The number of amides is 1. The molecule has 0 radical (unpaired) electrons. The molecule has 0 saturated carbocycles. The van der Waals surface area contributed by atoms with Gasteiger partial charge in [-0.05, 0) is 26.7 Å². The maximum atomic E-state index is 12.2. The smallest absolute Gasteiger partial charge is 0.408 e. The van der Waals surface area contributed by atoms with Gasteiger partial charge in [-0.1, -0.05) is 67.7 Å². The maximum Gasteiger partial charge on any atom is 0.408 e. The summed E-state index contributed by atoms with van der Waals surface area (Å²) in [5.74, 6) is 0.255. The first-order valence-corrected chi connectivity index (χ1v) is 11.2. The lowest BCUT2D eigenvalue weighted by atomic mass is 10.0. The number of hydrogen-bond donors (Lipinski definition) is 1. The summed E-state index contributed by atoms with van der Waals surface area (Å²) in [4.78, 5) is 12.2. The fourth-order valence-electron chi connectivity index (χ4n) is 2.52. The van der Waals surface area contributed by atoms with Gasteiger partial charge in [-0.2, -0.15) is 0 Å². The lowest BCUT2D eigenvalue weighted by Gasteiger charge is -2.35. The molecule has 3 nitrogen and oxygen atoms in total. The number of ether oxygens (including phenoxy) is 1. The molecule has 128 valence electrons. The number of carbonyl (C=O) groups is 1. The van der Waals surface area contributed by atoms with Crippen molar-refractivity contribution in [1.29, 1.82) is 0 Å². The minimum Gasteiger partial charge on any atom is -0.444 e. The second-order valence-electron chi connectivity index (χ2n) is 7.88. The van der Waals surface area contributed by atoms with Crippen molar-refractivity contribution in [3.8, 4) is 0 Å². The molecular formula is C19H31NO2Si. The first-order valence-electron chi connectivity index (χ1n) is 8.19. The zero-order chi connectivity index (χ0) is 17.8. The van der Waals surface area contributed by atoms with Gasteiger partial charge in [0, 0.05) is 0 Å². The highest BCUT2D eigenvalue weighted by Gasteiger charge is 2.34. The van der Waals surface area contributed by atoms with Crippen molar-refractivity contribution in [2.45, 2.75) is 59.4 Å². The number of carbonyl (C=O) groups excluding carboxylic acids is 1. The van der Waals surface area contributed by atoms with Crippen LogP contribution in [-0.4, -0.2) is 25.8 Å². The van der Waals surface area contributed by atoms with E-state index in [0.29, 0.717) is 0 Å². The van der Waals surface area contributed by atoms with Gasteiger partial charge in [0.25, 0.3) is 0 Å². The fourth-order valence-corrected chi connectivity index (χ4v) is 5.10. The summed E-state index contributed by atoms with van der Waals surface area (Å²) in [6.07, 6.45) is -0.379. The summed E-state index contributed by atoms with van der Waals surface area (Å²) < 4.78 is 5.41. The first kappa shape index (κ1) is 19.5. The molecule has 0 spiro atoms. The fraction of sp³-hybridized carbons (Fsp3) is 0.526. The van der Waals surface area contributed by atoms with Gasteiger partial charge < -0.3 is 10.1 Å². The molecule has 0 saturated heterocycles. The second-order valence-corrected chi connectivity index (χ2v) is 12.4. The van der Waals surface area contributed by atoms with Crippen molar-refractivity contribution < 1.29 is 9.53 Å². The van der Waals surface area contributed by atoms with E-state index in [-0.39, 0.29) is 18.1 Å². The van der Waals surface area contributed by atoms with Gasteiger partial charge in [0.15, 0.2) is 0 Å². The molecule has 1 aromatic rings. The van der Waals surface area contributed by atoms with Gasteiger partial charge >= 0.3 is 6.09 Å². The summed E-state index contributed by atoms with van der Waals surface area (Å²) in [7, 11) is -1.90. The van der Waals surface area contributed by atoms with Crippen molar-refractivity contribution in [2.24, 2.45) is 5.92 Å². The molecule has 0 aromatic heterocycles. The summed E-state index contributed by atoms with van der Waals surface area (Å²) in [5.41, 5.74) is -0.501. The van der Waals surface area contributed by atoms with E-state index in [1.165, 1.54) is 5.19 Å². The average molecular weight is 334 g/mol. The molecule has 1 rings (SSSR count). The van der Waals surface area contributed by atoms with E-state index in [9.17, 15) is 4.79 Å². The van der Waals surface area contributed by atoms with Gasteiger partial charge in [0.1, 0.15) is 13.7 Å². The molecule has 23 heavy (non-hydrogen) atoms. The van der Waals surface area contributed by atoms with Crippen LogP contribution in [0.15, 0.2) is 42.1 Å². The van der Waals surface area contributed by atoms with Crippen LogP contribution in [0.3, 0.4) is 0 Å². The molecule has 0 aliphatic carbocycles. The van der Waals surface area contributed by atoms with Crippen LogP contribution in [0.1, 0.15) is 34.6 Å². The zero-order valence-corrected chi connectivity index (χ0v) is 16.6. The largest absolute Gasteiger partial charge is 0.444 e. The van der Waals surface area contributed by atoms with E-state index >= 15 is 0 Å². The van der Waals surface area contributed by atoms with Crippen LogP contribution in [0.25, 0.3) is 0 Å². The molecule has 0 heterocycles. The maximum absolute atomic E-state index is 12.2. The number of benzene rings is 1. The third-order valence-electron chi connectivity index (χ3n) is 4.01. The molecule has 4 heteroatoms. The Labute approximate surface area is 142 Å². The average Bonchev–Trinajstić information content (AvgIpc) is 2.42. The molecule has 0 aliphatic rings. The molecular weight excluding hydrogens is 302 g/mol. The molecule has 1 aromatic carbocycles. The Bertz CT molecular complexity index is 544. The van der Waals surface area contributed by atoms with E-state index in [4.69, 9.17) is 4.74 Å². The third-order valence-corrected chi connectivity index (χ3v) is 7.71. The first-order chi connectivity index (χ1) is 10.4. The molecule has 0 unspecified atom stereocenters. The van der Waals surface area contributed by atoms with Gasteiger partial charge in [-0.15, -0.1) is 6.58 Å². The van der Waals surface area contributed by atoms with Crippen molar-refractivity contribution >= 4 is 19.4 Å². The van der Waals surface area contributed by atoms with Crippen molar-refractivity contribution in [3.63, 3.8) is 0 Å². The summed E-state index contributed by atoms with van der Waals surface area (Å²) in [5, 5.41) is 5.46. The quantitative estimate of drug-likeness (QED) is 0.818. The van der Waals surface area contributed by atoms with Crippen LogP contribution in [0.4, 0.5) is 4.79 Å². The zero-order valence-electron chi connectivity index (χ0n) is 15.6. The lowest BCUT2D eigenvalue weighted by Crippen LogP contribution is -2.53. The van der Waals surface area contributed by atoms with Crippen molar-refractivity contribution in [3.05, 3.63) is 42.1 Å². The number of rotatable bonds is 5. The molecule has 1 atom stereocenters. The highest BCUT2D eigenvalue weighted by molar-refractivity contribution is 6.95. The normalized spacial score (nSPS) is 13.6. The molecule has 0 aliphatic heterocycles. The van der Waals surface area contributed by atoms with E-state index < -0.39 is 13.7 Å². The Morgan fingerprint density at radius 2 is 1.70 bits per heavy atom. The summed E-state index contributed by atoms with van der Waals surface area (Å²) in [6, 6.07) is 10.4. The topological polar surface area (TPSA) is 38.3 Å². The van der Waals surface area contributed by atoms with Crippen LogP contribution in [0, 0.1) is 5.92 Å². The van der Waals surface area contributed by atoms with E-state index in [1.807, 2.05) is 26.8 Å². The standard InChI is InChI=1S/C19H31NO2Si/c1-14(2)17(20-18(21)22-19(4,5)6)15(3)23(7,8)16-12-10-9-11-13-16/h9-14,17H,3H2,1-2,4-8H3,(H,20,21)/t17-/m1/s1. The highest BCUT2D eigenvalue weighted by atomic mass is 28.3. The summed E-state index contributed by atoms with van der Waals surface area (Å²) >= 11 is 0. The predicted molar refractivity (Wildman–Crippen MR) is 101 cm³/mol. The Morgan fingerprint density at radius 3 is 2.13 bits per heavy atom. The van der Waals surface area contributed by atoms with Crippen LogP contribution in [0.5, 0.6) is 0 Å². The predicted octanol–water partition coefficient (Wildman–Crippen LogP) is 4.25. The minimum absolute atomic E-state index is 0.0910. The Hall–Kier alpha value is -1.55. The molecule has 0 bridgehead atoms. The van der Waals surface area contributed by atoms with Crippen molar-refractivity contribution in [2.75, 3.05) is 0 Å². The number of alkyl carbamates (subject to hydrolysis) is 1. The van der Waals surface area contributed by atoms with E-state index in [2.05, 4.69) is 63.1 Å². The number of hydrogen-bond acceptors (Lipinski definition) is 2. The van der Waals surface area contributed by atoms with E-state index in [1.54, 1.807) is 0 Å². The second kappa shape index (κ2) is 7.34. The minimum atomic E-state index is -1.90. The lowest BCUT2D eigenvalue weighted by molar-refractivity contribution is 0.0502. The Balaban J connectivity index is 2.97. The Morgan fingerprint density at radius 1 is 1.17 bits per heavy atom. The Kier molecular flexibility index (Phi) is 6.23. The third kappa shape index (κ3) is 5.54. The van der Waals surface area contributed by atoms with Gasteiger partial charge in [0.05, 0.1) is 6.04 Å². The van der Waals surface area contributed by atoms with Crippen LogP contribution < -0.4 is 10.5 Å². The van der Waals surface area contributed by atoms with Crippen LogP contribution >= 0.6 is 0 Å². The molecule has 1 N–H and O–H groups in total. The molecule has 0 fully saturated rings. The number of nitrogens with one attached hydrogen (secondary N) is 1. The van der Waals surface area contributed by atoms with Gasteiger partial charge in [0.2, 0.25) is 0 Å². The highest BCUT2D eigenvalue weighted by Crippen LogP contribution is 2.22. The van der Waals surface area contributed by atoms with Crippen LogP contribution in [0.2, 0.25) is 13.1 Å². The summed E-state index contributed by atoms with van der Waals surface area (Å²) in [6.45, 7) is 18.7.